The number of nitrogens with zero attached hydrogens (tertiary/aromatic N) is 4. The Kier molecular flexibility index (Phi) is 4.67. The predicted molar refractivity (Wildman–Crippen MR) is 101 cm³/mol. The van der Waals surface area contributed by atoms with Crippen LogP contribution in [-0.2, 0) is 11.3 Å². The molecule has 0 spiro atoms. The molecule has 0 aliphatic heterocycles. The second kappa shape index (κ2) is 7.43. The zero-order valence-corrected chi connectivity index (χ0v) is 15.0. The molecule has 0 atom stereocenters. The maximum absolute atomic E-state index is 14.1. The number of hydrogen-bond donors (Lipinski definition) is 1. The average Bonchev–Trinajstić information content (AvgIpc) is 3.16. The quantitative estimate of drug-likeness (QED) is 0.537. The standard InChI is InChI=1S/C20H16FN5O2/c1-28-20(27)14-7-8-16(21)15(11-14)12-22-17-9-10-18-23-24-19(26(18)25-17)13-5-3-2-4-6-13/h2-11H,12H2,1H3,(H,22,25). The van der Waals surface area contributed by atoms with Gasteiger partial charge in [-0.2, -0.15) is 4.52 Å². The maximum atomic E-state index is 14.1. The van der Waals surface area contributed by atoms with Crippen LogP contribution < -0.4 is 5.32 Å². The first-order valence-corrected chi connectivity index (χ1v) is 8.54. The first-order chi connectivity index (χ1) is 13.7. The number of hydrogen-bond acceptors (Lipinski definition) is 6. The van der Waals surface area contributed by atoms with Crippen molar-refractivity contribution in [1.29, 1.82) is 0 Å². The van der Waals surface area contributed by atoms with Crippen LogP contribution in [0.4, 0.5) is 10.2 Å². The van der Waals surface area contributed by atoms with Crippen LogP contribution in [0.3, 0.4) is 0 Å². The first-order valence-electron chi connectivity index (χ1n) is 8.54. The van der Waals surface area contributed by atoms with E-state index in [1.165, 1.54) is 25.3 Å². The van der Waals surface area contributed by atoms with Gasteiger partial charge in [-0.3, -0.25) is 0 Å². The Balaban J connectivity index is 1.60. The van der Waals surface area contributed by atoms with Crippen LogP contribution in [0.15, 0.2) is 60.7 Å². The van der Waals surface area contributed by atoms with Gasteiger partial charge in [0.1, 0.15) is 11.6 Å². The Bertz CT molecular complexity index is 1140. The van der Waals surface area contributed by atoms with Crippen molar-refractivity contribution in [3.63, 3.8) is 0 Å². The van der Waals surface area contributed by atoms with Crippen molar-refractivity contribution in [2.45, 2.75) is 6.54 Å². The minimum Gasteiger partial charge on any atom is -0.465 e. The van der Waals surface area contributed by atoms with Crippen molar-refractivity contribution < 1.29 is 13.9 Å². The van der Waals surface area contributed by atoms with Crippen molar-refractivity contribution in [2.24, 2.45) is 0 Å². The Labute approximate surface area is 159 Å². The molecule has 2 heterocycles. The fraction of sp³-hybridized carbons (Fsp3) is 0.100. The molecule has 7 nitrogen and oxygen atoms in total. The third kappa shape index (κ3) is 3.39. The number of nitrogens with one attached hydrogen (secondary N) is 1. The van der Waals surface area contributed by atoms with Gasteiger partial charge in [-0.15, -0.1) is 15.3 Å². The minimum absolute atomic E-state index is 0.151. The molecule has 0 amide bonds. The number of carbonyl (C=O) groups is 1. The van der Waals surface area contributed by atoms with Crippen molar-refractivity contribution in [3.8, 4) is 11.4 Å². The number of benzene rings is 2. The van der Waals surface area contributed by atoms with E-state index in [-0.39, 0.29) is 12.1 Å². The molecule has 1 N–H and O–H groups in total. The van der Waals surface area contributed by atoms with E-state index in [1.54, 1.807) is 16.6 Å². The number of halogens is 1. The van der Waals surface area contributed by atoms with Crippen LogP contribution in [-0.4, -0.2) is 32.9 Å². The highest BCUT2D eigenvalue weighted by Crippen LogP contribution is 2.19. The number of fused-ring (bicyclic) bond motifs is 1. The van der Waals surface area contributed by atoms with E-state index in [0.717, 1.165) is 5.56 Å². The summed E-state index contributed by atoms with van der Waals surface area (Å²) in [4.78, 5) is 11.6. The van der Waals surface area contributed by atoms with Gasteiger partial charge >= 0.3 is 5.97 Å². The van der Waals surface area contributed by atoms with Crippen LogP contribution in [0.5, 0.6) is 0 Å². The highest BCUT2D eigenvalue weighted by Gasteiger charge is 2.12. The van der Waals surface area contributed by atoms with E-state index in [0.29, 0.717) is 22.9 Å². The molecule has 8 heteroatoms. The Morgan fingerprint density at radius 3 is 2.71 bits per heavy atom. The van der Waals surface area contributed by atoms with Gasteiger partial charge in [0.2, 0.25) is 0 Å². The van der Waals surface area contributed by atoms with Gasteiger partial charge in [0.15, 0.2) is 11.5 Å². The molecule has 2 aromatic heterocycles. The summed E-state index contributed by atoms with van der Waals surface area (Å²) >= 11 is 0. The van der Waals surface area contributed by atoms with E-state index in [2.05, 4.69) is 25.3 Å². The number of esters is 1. The molecular formula is C20H16FN5O2. The summed E-state index contributed by atoms with van der Waals surface area (Å²) in [7, 11) is 1.28. The number of aromatic nitrogens is 4. The van der Waals surface area contributed by atoms with Crippen LogP contribution in [0.2, 0.25) is 0 Å². The van der Waals surface area contributed by atoms with Crippen molar-refractivity contribution in [1.82, 2.24) is 19.8 Å². The topological polar surface area (TPSA) is 81.4 Å². The minimum atomic E-state index is -0.516. The van der Waals surface area contributed by atoms with Gasteiger partial charge in [0, 0.05) is 17.7 Å². The van der Waals surface area contributed by atoms with Crippen LogP contribution in [0.1, 0.15) is 15.9 Å². The average molecular weight is 377 g/mol. The molecule has 0 fully saturated rings. The zero-order valence-electron chi connectivity index (χ0n) is 15.0. The predicted octanol–water partition coefficient (Wildman–Crippen LogP) is 3.33. The molecule has 0 saturated carbocycles. The molecule has 28 heavy (non-hydrogen) atoms. The summed E-state index contributed by atoms with van der Waals surface area (Å²) in [5, 5.41) is 15.9. The number of carbonyl (C=O) groups excluding carboxylic acids is 1. The van der Waals surface area contributed by atoms with E-state index in [1.807, 2.05) is 30.3 Å². The monoisotopic (exact) mass is 377 g/mol. The van der Waals surface area contributed by atoms with Crippen molar-refractivity contribution in [2.75, 3.05) is 12.4 Å². The van der Waals surface area contributed by atoms with Gasteiger partial charge in [-0.1, -0.05) is 30.3 Å². The molecule has 0 bridgehead atoms. The van der Waals surface area contributed by atoms with Gasteiger partial charge in [0.05, 0.1) is 12.7 Å². The molecule has 4 aromatic rings. The Morgan fingerprint density at radius 2 is 1.93 bits per heavy atom. The summed E-state index contributed by atoms with van der Waals surface area (Å²) in [6.45, 7) is 0.151. The summed E-state index contributed by atoms with van der Waals surface area (Å²) in [6.07, 6.45) is 0. The number of methoxy groups -OCH3 is 1. The Hall–Kier alpha value is -3.81. The number of anilines is 1. The second-order valence-corrected chi connectivity index (χ2v) is 6.03. The highest BCUT2D eigenvalue weighted by atomic mass is 19.1. The lowest BCUT2D eigenvalue weighted by Crippen LogP contribution is -2.08. The normalized spacial score (nSPS) is 10.8. The van der Waals surface area contributed by atoms with E-state index in [4.69, 9.17) is 0 Å². The lowest BCUT2D eigenvalue weighted by Gasteiger charge is -2.09. The lowest BCUT2D eigenvalue weighted by molar-refractivity contribution is 0.0600. The number of ether oxygens (including phenoxy) is 1. The van der Waals surface area contributed by atoms with Gasteiger partial charge in [0.25, 0.3) is 0 Å². The fourth-order valence-electron chi connectivity index (χ4n) is 2.79. The summed E-state index contributed by atoms with van der Waals surface area (Å²) in [5.41, 5.74) is 2.10. The number of rotatable bonds is 5. The molecular weight excluding hydrogens is 361 g/mol. The molecule has 2 aromatic carbocycles. The largest absolute Gasteiger partial charge is 0.465 e. The van der Waals surface area contributed by atoms with Crippen LogP contribution in [0.25, 0.3) is 17.0 Å². The van der Waals surface area contributed by atoms with Crippen LogP contribution >= 0.6 is 0 Å². The smallest absolute Gasteiger partial charge is 0.337 e. The second-order valence-electron chi connectivity index (χ2n) is 6.03. The third-order valence-electron chi connectivity index (χ3n) is 4.22. The van der Waals surface area contributed by atoms with Crippen molar-refractivity contribution in [3.05, 3.63) is 77.6 Å². The first kappa shape index (κ1) is 17.6. The zero-order chi connectivity index (χ0) is 19.5. The van der Waals surface area contributed by atoms with Crippen molar-refractivity contribution >= 4 is 17.4 Å². The molecule has 0 radical (unpaired) electrons. The summed E-state index contributed by atoms with van der Waals surface area (Å²) in [6, 6.07) is 17.2. The lowest BCUT2D eigenvalue weighted by atomic mass is 10.1. The Morgan fingerprint density at radius 1 is 1.11 bits per heavy atom. The molecule has 0 saturated heterocycles. The maximum Gasteiger partial charge on any atom is 0.337 e. The molecule has 0 aliphatic rings. The fourth-order valence-corrected chi connectivity index (χ4v) is 2.79. The summed E-state index contributed by atoms with van der Waals surface area (Å²) < 4.78 is 20.4. The highest BCUT2D eigenvalue weighted by molar-refractivity contribution is 5.89. The van der Waals surface area contributed by atoms with E-state index >= 15 is 0 Å². The van der Waals surface area contributed by atoms with Gasteiger partial charge in [-0.25, -0.2) is 9.18 Å². The summed E-state index contributed by atoms with van der Waals surface area (Å²) in [5.74, 6) is 0.193. The van der Waals surface area contributed by atoms with Gasteiger partial charge in [-0.05, 0) is 30.3 Å². The molecule has 140 valence electrons. The molecule has 0 unspecified atom stereocenters. The van der Waals surface area contributed by atoms with Gasteiger partial charge < -0.3 is 10.1 Å². The van der Waals surface area contributed by atoms with Crippen LogP contribution in [0, 0.1) is 5.82 Å². The SMILES string of the molecule is COC(=O)c1ccc(F)c(CNc2ccc3nnc(-c4ccccc4)n3n2)c1. The molecule has 4 rings (SSSR count). The third-order valence-corrected chi connectivity index (χ3v) is 4.22. The van der Waals surface area contributed by atoms with E-state index < -0.39 is 11.8 Å². The van der Waals surface area contributed by atoms with E-state index in [9.17, 15) is 9.18 Å². The molecule has 0 aliphatic carbocycles.